The maximum absolute atomic E-state index is 11.0. The average molecular weight is 390 g/mol. The van der Waals surface area contributed by atoms with E-state index < -0.39 is 5.97 Å². The second-order valence-electron chi connectivity index (χ2n) is 4.57. The second-order valence-corrected chi connectivity index (χ2v) is 6.15. The van der Waals surface area contributed by atoms with Gasteiger partial charge in [-0.05, 0) is 33.6 Å². The van der Waals surface area contributed by atoms with Crippen LogP contribution in [0.25, 0.3) is 0 Å². The Balaban J connectivity index is 0. The molecule has 0 saturated carbocycles. The van der Waals surface area contributed by atoms with Gasteiger partial charge in [-0.3, -0.25) is 9.59 Å². The molecule has 18 heavy (non-hydrogen) atoms. The number of rotatable bonds is 6. The van der Waals surface area contributed by atoms with E-state index in [-0.39, 0.29) is 18.0 Å². The van der Waals surface area contributed by atoms with Gasteiger partial charge in [0.1, 0.15) is 5.60 Å². The van der Waals surface area contributed by atoms with E-state index in [1.54, 1.807) is 0 Å². The highest BCUT2D eigenvalue weighted by molar-refractivity contribution is 9.09. The first-order valence-corrected chi connectivity index (χ1v) is 8.02. The van der Waals surface area contributed by atoms with Crippen LogP contribution in [-0.4, -0.2) is 33.3 Å². The van der Waals surface area contributed by atoms with Crippen molar-refractivity contribution in [1.82, 2.24) is 0 Å². The lowest BCUT2D eigenvalue weighted by atomic mass is 10.2. The summed E-state index contributed by atoms with van der Waals surface area (Å²) < 4.78 is 5.08. The molecule has 0 unspecified atom stereocenters. The summed E-state index contributed by atoms with van der Waals surface area (Å²) in [6, 6.07) is 0. The number of esters is 1. The van der Waals surface area contributed by atoms with Crippen LogP contribution in [0.2, 0.25) is 0 Å². The maximum Gasteiger partial charge on any atom is 0.306 e. The molecule has 0 amide bonds. The highest BCUT2D eigenvalue weighted by atomic mass is 79.9. The molecule has 0 aromatic rings. The average Bonchev–Trinajstić information content (AvgIpc) is 2.22. The molecular formula is C12H22Br2O4. The molecule has 6 heteroatoms. The predicted molar refractivity (Wildman–Crippen MR) is 79.5 cm³/mol. The van der Waals surface area contributed by atoms with E-state index in [9.17, 15) is 9.59 Å². The number of carboxylic acids is 1. The number of hydrogen-bond acceptors (Lipinski definition) is 3. The summed E-state index contributed by atoms with van der Waals surface area (Å²) in [5.74, 6) is -0.837. The molecule has 0 aliphatic rings. The van der Waals surface area contributed by atoms with Gasteiger partial charge in [0, 0.05) is 23.5 Å². The Bertz CT molecular complexity index is 237. The van der Waals surface area contributed by atoms with Crippen molar-refractivity contribution in [3.8, 4) is 0 Å². The molecule has 4 nitrogen and oxygen atoms in total. The number of hydrogen-bond donors (Lipinski definition) is 1. The molecule has 0 aromatic heterocycles. The fourth-order valence-electron chi connectivity index (χ4n) is 0.822. The van der Waals surface area contributed by atoms with Crippen LogP contribution in [0.15, 0.2) is 0 Å². The summed E-state index contributed by atoms with van der Waals surface area (Å²) in [4.78, 5) is 20.7. The van der Waals surface area contributed by atoms with Crippen molar-refractivity contribution in [2.24, 2.45) is 0 Å². The van der Waals surface area contributed by atoms with Gasteiger partial charge in [0.15, 0.2) is 0 Å². The molecule has 0 atom stereocenters. The Hall–Kier alpha value is -0.100. The first-order chi connectivity index (χ1) is 8.22. The van der Waals surface area contributed by atoms with Crippen LogP contribution in [0.5, 0.6) is 0 Å². The van der Waals surface area contributed by atoms with Crippen LogP contribution in [-0.2, 0) is 14.3 Å². The highest BCUT2D eigenvalue weighted by Crippen LogP contribution is 2.09. The van der Waals surface area contributed by atoms with E-state index in [1.807, 2.05) is 20.8 Å². The number of carboxylic acid groups (broad SMARTS) is 1. The van der Waals surface area contributed by atoms with Crippen molar-refractivity contribution in [3.05, 3.63) is 0 Å². The summed E-state index contributed by atoms with van der Waals surface area (Å²) >= 11 is 6.36. The molecular weight excluding hydrogens is 368 g/mol. The summed E-state index contributed by atoms with van der Waals surface area (Å²) in [6.45, 7) is 5.62. The molecule has 0 saturated heterocycles. The zero-order chi connectivity index (χ0) is 14.6. The van der Waals surface area contributed by atoms with Gasteiger partial charge in [0.2, 0.25) is 0 Å². The normalized spacial score (nSPS) is 10.3. The lowest BCUT2D eigenvalue weighted by Gasteiger charge is -2.19. The monoisotopic (exact) mass is 388 g/mol. The molecule has 0 fully saturated rings. The predicted octanol–water partition coefficient (Wildman–Crippen LogP) is 3.75. The number of alkyl halides is 2. The smallest absolute Gasteiger partial charge is 0.306 e. The molecule has 0 spiro atoms. The molecule has 0 aliphatic heterocycles. The van der Waals surface area contributed by atoms with Gasteiger partial charge >= 0.3 is 11.9 Å². The largest absolute Gasteiger partial charge is 0.481 e. The highest BCUT2D eigenvalue weighted by Gasteiger charge is 2.15. The van der Waals surface area contributed by atoms with Gasteiger partial charge in [0.05, 0.1) is 0 Å². The van der Waals surface area contributed by atoms with Gasteiger partial charge in [-0.15, -0.1) is 0 Å². The summed E-state index contributed by atoms with van der Waals surface area (Å²) in [7, 11) is 0. The van der Waals surface area contributed by atoms with Gasteiger partial charge < -0.3 is 9.84 Å². The molecule has 0 heterocycles. The lowest BCUT2D eigenvalue weighted by molar-refractivity contribution is -0.154. The van der Waals surface area contributed by atoms with E-state index in [0.29, 0.717) is 6.42 Å². The second kappa shape index (κ2) is 12.0. The Kier molecular flexibility index (Phi) is 13.4. The van der Waals surface area contributed by atoms with Crippen molar-refractivity contribution >= 4 is 43.8 Å². The molecule has 108 valence electrons. The van der Waals surface area contributed by atoms with E-state index in [2.05, 4.69) is 31.9 Å². The van der Waals surface area contributed by atoms with Gasteiger partial charge in [-0.2, -0.15) is 0 Å². The number of ether oxygens (including phenoxy) is 1. The van der Waals surface area contributed by atoms with Gasteiger partial charge in [0.25, 0.3) is 0 Å². The molecule has 0 rings (SSSR count). The van der Waals surface area contributed by atoms with E-state index in [0.717, 1.165) is 23.5 Å². The van der Waals surface area contributed by atoms with Crippen LogP contribution in [0.1, 0.15) is 46.5 Å². The Morgan fingerprint density at radius 3 is 1.78 bits per heavy atom. The Labute approximate surface area is 126 Å². The van der Waals surface area contributed by atoms with Crippen molar-refractivity contribution in [2.45, 2.75) is 52.1 Å². The van der Waals surface area contributed by atoms with Gasteiger partial charge in [-0.1, -0.05) is 31.9 Å². The first kappa shape index (κ1) is 20.2. The number of halogens is 2. The standard InChI is InChI=1S/C8H15BrO2.C4H7BrO2/c1-8(2,3)11-7(10)5-4-6-9;5-3-1-2-4(6)7/h4-6H2,1-3H3;1-3H2,(H,6,7). The zero-order valence-electron chi connectivity index (χ0n) is 11.2. The Morgan fingerprint density at radius 2 is 1.50 bits per heavy atom. The van der Waals surface area contributed by atoms with Crippen LogP contribution in [0.3, 0.4) is 0 Å². The van der Waals surface area contributed by atoms with Crippen LogP contribution >= 0.6 is 31.9 Å². The van der Waals surface area contributed by atoms with E-state index in [4.69, 9.17) is 9.84 Å². The van der Waals surface area contributed by atoms with Crippen LogP contribution in [0, 0.1) is 0 Å². The van der Waals surface area contributed by atoms with Crippen molar-refractivity contribution in [1.29, 1.82) is 0 Å². The van der Waals surface area contributed by atoms with Crippen molar-refractivity contribution in [2.75, 3.05) is 10.7 Å². The third kappa shape index (κ3) is 21.2. The quantitative estimate of drug-likeness (QED) is 0.555. The molecule has 0 aromatic carbocycles. The topological polar surface area (TPSA) is 63.6 Å². The first-order valence-electron chi connectivity index (χ1n) is 5.78. The lowest BCUT2D eigenvalue weighted by Crippen LogP contribution is -2.23. The summed E-state index contributed by atoms with van der Waals surface area (Å²) in [6.07, 6.45) is 2.33. The summed E-state index contributed by atoms with van der Waals surface area (Å²) in [5, 5.41) is 9.65. The third-order valence-corrected chi connectivity index (χ3v) is 2.58. The molecule has 0 bridgehead atoms. The zero-order valence-corrected chi connectivity index (χ0v) is 14.3. The molecule has 1 N–H and O–H groups in total. The fraction of sp³-hybridized carbons (Fsp3) is 0.833. The minimum absolute atomic E-state index is 0.114. The van der Waals surface area contributed by atoms with E-state index >= 15 is 0 Å². The summed E-state index contributed by atoms with van der Waals surface area (Å²) in [5.41, 5.74) is -0.344. The minimum Gasteiger partial charge on any atom is -0.481 e. The number of carbonyl (C=O) groups excluding carboxylic acids is 1. The third-order valence-electron chi connectivity index (χ3n) is 1.46. The fourth-order valence-corrected chi connectivity index (χ4v) is 1.38. The van der Waals surface area contributed by atoms with Crippen molar-refractivity contribution < 1.29 is 19.4 Å². The molecule has 0 radical (unpaired) electrons. The van der Waals surface area contributed by atoms with Crippen LogP contribution < -0.4 is 0 Å². The Morgan fingerprint density at radius 1 is 1.06 bits per heavy atom. The van der Waals surface area contributed by atoms with Crippen LogP contribution in [0.4, 0.5) is 0 Å². The van der Waals surface area contributed by atoms with E-state index in [1.165, 1.54) is 0 Å². The number of aliphatic carboxylic acids is 1. The molecule has 0 aliphatic carbocycles. The number of carbonyl (C=O) groups is 2. The maximum atomic E-state index is 11.0. The van der Waals surface area contributed by atoms with Gasteiger partial charge in [-0.25, -0.2) is 0 Å². The minimum atomic E-state index is -0.723. The SMILES string of the molecule is CC(C)(C)OC(=O)CCCBr.O=C(O)CCCBr. The van der Waals surface area contributed by atoms with Crippen molar-refractivity contribution in [3.63, 3.8) is 0 Å².